The van der Waals surface area contributed by atoms with Crippen LogP contribution in [0.1, 0.15) is 25.8 Å². The van der Waals surface area contributed by atoms with Crippen molar-refractivity contribution >= 4 is 51.7 Å². The smallest absolute Gasteiger partial charge is 0.318 e. The zero-order valence-electron chi connectivity index (χ0n) is 19.8. The molecule has 35 heavy (non-hydrogen) atoms. The maximum Gasteiger partial charge on any atom is 0.318 e. The van der Waals surface area contributed by atoms with Gasteiger partial charge in [-0.05, 0) is 45.0 Å². The normalized spacial score (nSPS) is 26.3. The molecule has 0 spiro atoms. The summed E-state index contributed by atoms with van der Waals surface area (Å²) in [6, 6.07) is 3.35. The molecule has 4 rings (SSSR count). The fourth-order valence-corrected chi connectivity index (χ4v) is 5.46. The van der Waals surface area contributed by atoms with Gasteiger partial charge in [-0.25, -0.2) is 14.8 Å². The van der Waals surface area contributed by atoms with Crippen LogP contribution in [-0.2, 0) is 9.63 Å². The van der Waals surface area contributed by atoms with Crippen molar-refractivity contribution in [1.82, 2.24) is 20.9 Å². The molecule has 0 radical (unpaired) electrons. The van der Waals surface area contributed by atoms with Gasteiger partial charge in [0, 0.05) is 36.8 Å². The summed E-state index contributed by atoms with van der Waals surface area (Å²) >= 11 is 1.48. The summed E-state index contributed by atoms with van der Waals surface area (Å²) in [5.41, 5.74) is 2.78. The molecule has 1 saturated heterocycles. The highest BCUT2D eigenvalue weighted by Crippen LogP contribution is 2.45. The van der Waals surface area contributed by atoms with Crippen LogP contribution in [0.4, 0.5) is 10.5 Å². The molecule has 11 nitrogen and oxygen atoms in total. The number of carbonyl (C=O) groups is 2. The number of carbonyl (C=O) groups excluding carboxylic acids is 1. The number of nitrogens with zero attached hydrogens (tertiary/aromatic N) is 4. The number of oxime groups is 1. The van der Waals surface area contributed by atoms with Crippen LogP contribution in [0.5, 0.6) is 0 Å². The SMILES string of the molecule is CCNC(=O)NC1(C2CNCCC2(C)C(=O)O)N=CC=CN1c1cc(/C=N/OC)c2scnc2c1. The number of amides is 2. The lowest BCUT2D eigenvalue weighted by molar-refractivity contribution is -0.155. The third-order valence-electron chi connectivity index (χ3n) is 6.53. The molecular weight excluding hydrogens is 470 g/mol. The van der Waals surface area contributed by atoms with Gasteiger partial charge in [0.15, 0.2) is 0 Å². The van der Waals surface area contributed by atoms with Crippen molar-refractivity contribution in [2.75, 3.05) is 31.6 Å². The Kier molecular flexibility index (Phi) is 7.03. The van der Waals surface area contributed by atoms with Crippen LogP contribution >= 0.6 is 11.3 Å². The molecule has 0 saturated carbocycles. The monoisotopic (exact) mass is 499 g/mol. The fourth-order valence-electron chi connectivity index (χ4n) is 4.71. The largest absolute Gasteiger partial charge is 0.481 e. The minimum atomic E-state index is -1.42. The van der Waals surface area contributed by atoms with E-state index in [0.29, 0.717) is 31.7 Å². The second-order valence-corrected chi connectivity index (χ2v) is 9.44. The molecule has 2 aromatic rings. The minimum absolute atomic E-state index is 0.341. The predicted octanol–water partition coefficient (Wildman–Crippen LogP) is 2.35. The molecular formula is C23H29N7O4S. The molecule has 2 amide bonds. The van der Waals surface area contributed by atoms with Crippen LogP contribution < -0.4 is 20.9 Å². The Balaban J connectivity index is 1.91. The first-order valence-electron chi connectivity index (χ1n) is 11.3. The summed E-state index contributed by atoms with van der Waals surface area (Å²) < 4.78 is 0.927. The zero-order valence-corrected chi connectivity index (χ0v) is 20.6. The Bertz CT molecular complexity index is 1200. The highest BCUT2D eigenvalue weighted by molar-refractivity contribution is 7.17. The zero-order chi connectivity index (χ0) is 25.1. The summed E-state index contributed by atoms with van der Waals surface area (Å²) in [5.74, 6) is -2.98. The number of nitrogens with one attached hydrogen (secondary N) is 3. The van der Waals surface area contributed by atoms with E-state index in [9.17, 15) is 14.7 Å². The lowest BCUT2D eigenvalue weighted by Gasteiger charge is -2.52. The van der Waals surface area contributed by atoms with Crippen LogP contribution in [0.25, 0.3) is 10.2 Å². The number of fused-ring (bicyclic) bond motifs is 1. The van der Waals surface area contributed by atoms with Gasteiger partial charge in [0.25, 0.3) is 0 Å². The van der Waals surface area contributed by atoms with E-state index in [2.05, 4.69) is 26.1 Å². The Labute approximate surface area is 206 Å². The number of benzene rings is 1. The van der Waals surface area contributed by atoms with E-state index in [1.807, 2.05) is 24.0 Å². The second kappa shape index (κ2) is 10.0. The molecule has 3 unspecified atom stereocenters. The van der Waals surface area contributed by atoms with Crippen molar-refractivity contribution in [2.45, 2.75) is 26.1 Å². The van der Waals surface area contributed by atoms with E-state index >= 15 is 0 Å². The molecule has 2 aliphatic rings. The van der Waals surface area contributed by atoms with E-state index in [1.165, 1.54) is 18.4 Å². The first-order chi connectivity index (χ1) is 16.9. The van der Waals surface area contributed by atoms with Gasteiger partial charge in [0.1, 0.15) is 7.11 Å². The Hall–Kier alpha value is -3.51. The lowest BCUT2D eigenvalue weighted by atomic mass is 9.68. The van der Waals surface area contributed by atoms with E-state index < -0.39 is 29.1 Å². The summed E-state index contributed by atoms with van der Waals surface area (Å²) in [7, 11) is 1.47. The van der Waals surface area contributed by atoms with Gasteiger partial charge in [-0.15, -0.1) is 11.3 Å². The number of anilines is 1. The van der Waals surface area contributed by atoms with Crippen molar-refractivity contribution in [3.8, 4) is 0 Å². The number of rotatable bonds is 7. The topological polar surface area (TPSA) is 141 Å². The maximum absolute atomic E-state index is 12.9. The highest BCUT2D eigenvalue weighted by atomic mass is 32.1. The van der Waals surface area contributed by atoms with Gasteiger partial charge in [-0.1, -0.05) is 5.16 Å². The van der Waals surface area contributed by atoms with Crippen molar-refractivity contribution in [3.63, 3.8) is 0 Å². The summed E-state index contributed by atoms with van der Waals surface area (Å²) in [6.45, 7) is 4.83. The molecule has 1 fully saturated rings. The number of hydrogen-bond acceptors (Lipinski definition) is 9. The van der Waals surface area contributed by atoms with Gasteiger partial charge in [0.2, 0.25) is 5.79 Å². The number of thiazole rings is 1. The van der Waals surface area contributed by atoms with Crippen LogP contribution in [0, 0.1) is 11.3 Å². The number of carboxylic acids is 1. The van der Waals surface area contributed by atoms with Gasteiger partial charge in [-0.3, -0.25) is 10.1 Å². The van der Waals surface area contributed by atoms with Crippen LogP contribution in [-0.4, -0.2) is 67.1 Å². The maximum atomic E-state index is 12.9. The standard InChI is InChI=1S/C23H29N7O4S/c1-4-25-21(33)29-23(18-13-24-8-6-22(18,2)20(31)32)27-7-5-9-30(23)16-10-15(12-28-34-3)19-17(11-16)26-14-35-19/h5,7,9-12,14,18,24H,4,6,8,13H2,1-3H3,(H,31,32)(H2,25,29,33)/b28-12+. The van der Waals surface area contributed by atoms with Crippen molar-refractivity contribution < 1.29 is 19.5 Å². The number of piperidine rings is 1. The third-order valence-corrected chi connectivity index (χ3v) is 7.42. The molecule has 3 heterocycles. The van der Waals surface area contributed by atoms with E-state index in [4.69, 9.17) is 9.83 Å². The molecule has 12 heteroatoms. The predicted molar refractivity (Wildman–Crippen MR) is 136 cm³/mol. The number of hydrogen-bond donors (Lipinski definition) is 4. The number of aromatic nitrogens is 1. The van der Waals surface area contributed by atoms with Crippen molar-refractivity contribution in [2.24, 2.45) is 21.5 Å². The van der Waals surface area contributed by atoms with Crippen molar-refractivity contribution in [3.05, 3.63) is 35.5 Å². The van der Waals surface area contributed by atoms with Gasteiger partial charge in [0.05, 0.1) is 33.3 Å². The first-order valence-corrected chi connectivity index (χ1v) is 12.2. The molecule has 3 atom stereocenters. The second-order valence-electron chi connectivity index (χ2n) is 8.58. The molecule has 1 aromatic heterocycles. The molecule has 4 N–H and O–H groups in total. The van der Waals surface area contributed by atoms with Gasteiger partial charge >= 0.3 is 12.0 Å². The molecule has 186 valence electrons. The van der Waals surface area contributed by atoms with Crippen LogP contribution in [0.2, 0.25) is 0 Å². The molecule has 2 aliphatic heterocycles. The number of allylic oxidation sites excluding steroid dienone is 1. The molecule has 0 aliphatic carbocycles. The Morgan fingerprint density at radius 3 is 3.03 bits per heavy atom. The molecule has 0 bridgehead atoms. The van der Waals surface area contributed by atoms with Crippen LogP contribution in [0.3, 0.4) is 0 Å². The first kappa shape index (κ1) is 24.6. The summed E-state index contributed by atoms with van der Waals surface area (Å²) in [4.78, 5) is 41.4. The average Bonchev–Trinajstić information content (AvgIpc) is 3.32. The molecule has 1 aromatic carbocycles. The van der Waals surface area contributed by atoms with E-state index in [0.717, 1.165) is 15.8 Å². The van der Waals surface area contributed by atoms with Gasteiger partial charge < -0.3 is 25.5 Å². The summed E-state index contributed by atoms with van der Waals surface area (Å²) in [5, 5.41) is 23.3. The Morgan fingerprint density at radius 2 is 2.29 bits per heavy atom. The number of aliphatic carboxylic acids is 1. The van der Waals surface area contributed by atoms with E-state index in [-0.39, 0.29) is 0 Å². The third kappa shape index (κ3) is 4.46. The Morgan fingerprint density at radius 1 is 1.46 bits per heavy atom. The number of urea groups is 1. The number of aliphatic imine (C=N–C) groups is 1. The van der Waals surface area contributed by atoms with E-state index in [1.54, 1.807) is 37.1 Å². The van der Waals surface area contributed by atoms with Crippen LogP contribution in [0.15, 0.2) is 40.1 Å². The minimum Gasteiger partial charge on any atom is -0.481 e. The quantitative estimate of drug-likeness (QED) is 0.339. The average molecular weight is 500 g/mol. The summed E-state index contributed by atoms with van der Waals surface area (Å²) in [6.07, 6.45) is 7.12. The number of carboxylic acid groups (broad SMARTS) is 1. The lowest BCUT2D eigenvalue weighted by Crippen LogP contribution is -2.71. The van der Waals surface area contributed by atoms with Gasteiger partial charge in [-0.2, -0.15) is 0 Å². The fraction of sp³-hybridized carbons (Fsp3) is 0.435. The van der Waals surface area contributed by atoms with Crippen molar-refractivity contribution in [1.29, 1.82) is 0 Å². The highest BCUT2D eigenvalue weighted by Gasteiger charge is 2.57.